The number of aromatic nitrogens is 2. The van der Waals surface area contributed by atoms with Crippen molar-refractivity contribution < 1.29 is 18.3 Å². The summed E-state index contributed by atoms with van der Waals surface area (Å²) in [4.78, 5) is 19.0. The van der Waals surface area contributed by atoms with Crippen LogP contribution in [0.4, 0.5) is 20.3 Å². The molecule has 0 unspecified atom stereocenters. The van der Waals surface area contributed by atoms with Crippen LogP contribution in [0.25, 0.3) is 0 Å². The maximum Gasteiger partial charge on any atom is 0.224 e. The molecule has 3 rings (SSSR count). The summed E-state index contributed by atoms with van der Waals surface area (Å²) in [5.41, 5.74) is 1.09. The first-order chi connectivity index (χ1) is 13.9. The van der Waals surface area contributed by atoms with E-state index in [1.807, 2.05) is 0 Å². The highest BCUT2D eigenvalue weighted by atomic mass is 19.1. The monoisotopic (exact) mass is 396 g/mol. The van der Waals surface area contributed by atoms with E-state index in [0.717, 1.165) is 0 Å². The Morgan fingerprint density at radius 2 is 1.76 bits per heavy atom. The standard InChI is InChI=1S/C21H18F2N4O2/c1-13(10-17-18(22)4-3-5-19(17)23)26-15-6-8-16(9-7-15)29-21-11-20(24-12-25-21)27-14(2)28/h3-9,11-12,26H,1,10H2,2H3,(H,24,25,27,28). The molecule has 0 saturated heterocycles. The highest BCUT2D eigenvalue weighted by molar-refractivity contribution is 5.87. The fourth-order valence-corrected chi connectivity index (χ4v) is 2.53. The van der Waals surface area contributed by atoms with E-state index in [-0.39, 0.29) is 23.8 Å². The predicted octanol–water partition coefficient (Wildman–Crippen LogP) is 4.67. The van der Waals surface area contributed by atoms with Gasteiger partial charge in [-0.25, -0.2) is 18.7 Å². The normalized spacial score (nSPS) is 10.3. The summed E-state index contributed by atoms with van der Waals surface area (Å²) < 4.78 is 33.1. The van der Waals surface area contributed by atoms with E-state index >= 15 is 0 Å². The Kier molecular flexibility index (Phi) is 6.13. The number of rotatable bonds is 7. The first-order valence-electron chi connectivity index (χ1n) is 8.66. The van der Waals surface area contributed by atoms with E-state index in [0.29, 0.717) is 23.0 Å². The number of carbonyl (C=O) groups excluding carboxylic acids is 1. The number of carbonyl (C=O) groups is 1. The Labute approximate surface area is 166 Å². The predicted molar refractivity (Wildman–Crippen MR) is 106 cm³/mol. The molecular formula is C21H18F2N4O2. The van der Waals surface area contributed by atoms with Gasteiger partial charge in [0.1, 0.15) is 29.5 Å². The first kappa shape index (κ1) is 19.9. The van der Waals surface area contributed by atoms with Gasteiger partial charge in [-0.2, -0.15) is 0 Å². The molecule has 0 bridgehead atoms. The molecule has 0 spiro atoms. The lowest BCUT2D eigenvalue weighted by molar-refractivity contribution is -0.114. The van der Waals surface area contributed by atoms with E-state index in [9.17, 15) is 13.6 Å². The number of ether oxygens (including phenoxy) is 1. The molecule has 29 heavy (non-hydrogen) atoms. The molecule has 2 N–H and O–H groups in total. The number of allylic oxidation sites excluding steroid dienone is 1. The number of amides is 1. The molecule has 8 heteroatoms. The average molecular weight is 396 g/mol. The fraction of sp³-hybridized carbons (Fsp3) is 0.0952. The number of benzene rings is 2. The second kappa shape index (κ2) is 8.92. The first-order valence-corrected chi connectivity index (χ1v) is 8.66. The Morgan fingerprint density at radius 3 is 2.41 bits per heavy atom. The Hall–Kier alpha value is -3.81. The van der Waals surface area contributed by atoms with Crippen LogP contribution in [0, 0.1) is 11.6 Å². The lowest BCUT2D eigenvalue weighted by Crippen LogP contribution is -2.07. The van der Waals surface area contributed by atoms with E-state index < -0.39 is 11.6 Å². The Bertz CT molecular complexity index is 1020. The second-order valence-corrected chi connectivity index (χ2v) is 6.15. The highest BCUT2D eigenvalue weighted by Crippen LogP contribution is 2.24. The van der Waals surface area contributed by atoms with Crippen LogP contribution in [-0.2, 0) is 11.2 Å². The smallest absolute Gasteiger partial charge is 0.224 e. The number of hydrogen-bond donors (Lipinski definition) is 2. The third-order valence-corrected chi connectivity index (χ3v) is 3.80. The molecule has 0 radical (unpaired) electrons. The number of nitrogens with zero attached hydrogens (tertiary/aromatic N) is 2. The van der Waals surface area contributed by atoms with Crippen molar-refractivity contribution in [3.8, 4) is 11.6 Å². The zero-order valence-electron chi connectivity index (χ0n) is 15.6. The molecule has 0 saturated carbocycles. The molecule has 0 fully saturated rings. The third-order valence-electron chi connectivity index (χ3n) is 3.80. The summed E-state index contributed by atoms with van der Waals surface area (Å²) in [5.74, 6) is -0.365. The van der Waals surface area contributed by atoms with Crippen LogP contribution in [-0.4, -0.2) is 15.9 Å². The molecule has 2 aromatic carbocycles. The maximum absolute atomic E-state index is 13.7. The van der Waals surface area contributed by atoms with Crippen LogP contribution >= 0.6 is 0 Å². The topological polar surface area (TPSA) is 76.1 Å². The van der Waals surface area contributed by atoms with Crippen molar-refractivity contribution >= 4 is 17.4 Å². The number of hydrogen-bond acceptors (Lipinski definition) is 5. The maximum atomic E-state index is 13.7. The lowest BCUT2D eigenvalue weighted by atomic mass is 10.1. The molecule has 6 nitrogen and oxygen atoms in total. The van der Waals surface area contributed by atoms with Gasteiger partial charge in [-0.1, -0.05) is 12.6 Å². The van der Waals surface area contributed by atoms with E-state index in [1.54, 1.807) is 24.3 Å². The van der Waals surface area contributed by atoms with Crippen LogP contribution in [0.15, 0.2) is 67.1 Å². The second-order valence-electron chi connectivity index (χ2n) is 6.15. The van der Waals surface area contributed by atoms with Gasteiger partial charge in [-0.15, -0.1) is 0 Å². The van der Waals surface area contributed by atoms with Gasteiger partial charge < -0.3 is 15.4 Å². The van der Waals surface area contributed by atoms with Crippen molar-refractivity contribution in [2.24, 2.45) is 0 Å². The van der Waals surface area contributed by atoms with Crippen molar-refractivity contribution in [2.45, 2.75) is 13.3 Å². The van der Waals surface area contributed by atoms with E-state index in [2.05, 4.69) is 27.2 Å². The van der Waals surface area contributed by atoms with Gasteiger partial charge >= 0.3 is 0 Å². The minimum Gasteiger partial charge on any atom is -0.439 e. The van der Waals surface area contributed by atoms with Gasteiger partial charge in [0.25, 0.3) is 0 Å². The summed E-state index contributed by atoms with van der Waals surface area (Å²) >= 11 is 0. The minimum absolute atomic E-state index is 0.0175. The number of halogens is 2. The van der Waals surface area contributed by atoms with Crippen LogP contribution in [0.5, 0.6) is 11.6 Å². The van der Waals surface area contributed by atoms with Gasteiger partial charge in [-0.3, -0.25) is 4.79 Å². The van der Waals surface area contributed by atoms with Crippen molar-refractivity contribution in [2.75, 3.05) is 10.6 Å². The van der Waals surface area contributed by atoms with Gasteiger partial charge in [0.2, 0.25) is 11.8 Å². The van der Waals surface area contributed by atoms with E-state index in [1.165, 1.54) is 37.5 Å². The van der Waals surface area contributed by atoms with Crippen molar-refractivity contribution in [3.05, 3.63) is 84.3 Å². The van der Waals surface area contributed by atoms with Gasteiger partial charge in [0, 0.05) is 36.4 Å². The molecule has 0 aliphatic rings. The quantitative estimate of drug-likeness (QED) is 0.607. The van der Waals surface area contributed by atoms with Crippen molar-refractivity contribution in [1.82, 2.24) is 9.97 Å². The van der Waals surface area contributed by atoms with Gasteiger partial charge in [-0.05, 0) is 36.4 Å². The number of nitrogens with one attached hydrogen (secondary N) is 2. The Balaban J connectivity index is 1.61. The van der Waals surface area contributed by atoms with Crippen LogP contribution < -0.4 is 15.4 Å². The molecule has 0 aliphatic carbocycles. The average Bonchev–Trinajstić information content (AvgIpc) is 2.66. The third kappa shape index (κ3) is 5.58. The molecule has 1 aromatic heterocycles. The zero-order valence-corrected chi connectivity index (χ0v) is 15.6. The van der Waals surface area contributed by atoms with Crippen LogP contribution in [0.1, 0.15) is 12.5 Å². The van der Waals surface area contributed by atoms with Crippen molar-refractivity contribution in [1.29, 1.82) is 0 Å². The summed E-state index contributed by atoms with van der Waals surface area (Å²) in [5, 5.41) is 5.56. The molecule has 0 atom stereocenters. The van der Waals surface area contributed by atoms with Crippen molar-refractivity contribution in [3.63, 3.8) is 0 Å². The summed E-state index contributed by atoms with van der Waals surface area (Å²) in [7, 11) is 0. The molecule has 0 aliphatic heterocycles. The SMILES string of the molecule is C=C(Cc1c(F)cccc1F)Nc1ccc(Oc2cc(NC(C)=O)ncn2)cc1. The Morgan fingerprint density at radius 1 is 1.07 bits per heavy atom. The molecule has 1 amide bonds. The number of anilines is 2. The van der Waals surface area contributed by atoms with Crippen LogP contribution in [0.2, 0.25) is 0 Å². The largest absolute Gasteiger partial charge is 0.439 e. The summed E-state index contributed by atoms with van der Waals surface area (Å²) in [6.45, 7) is 5.20. The summed E-state index contributed by atoms with van der Waals surface area (Å²) in [6, 6.07) is 12.1. The minimum atomic E-state index is -0.611. The zero-order chi connectivity index (χ0) is 20.8. The van der Waals surface area contributed by atoms with Gasteiger partial charge in [0.15, 0.2) is 0 Å². The molecule has 3 aromatic rings. The fourth-order valence-electron chi connectivity index (χ4n) is 2.53. The summed E-state index contributed by atoms with van der Waals surface area (Å²) in [6.07, 6.45) is 1.30. The molecule has 1 heterocycles. The van der Waals surface area contributed by atoms with Gasteiger partial charge in [0.05, 0.1) is 0 Å². The van der Waals surface area contributed by atoms with E-state index in [4.69, 9.17) is 4.74 Å². The lowest BCUT2D eigenvalue weighted by Gasteiger charge is -2.12. The molecular weight excluding hydrogens is 378 g/mol. The molecule has 148 valence electrons. The highest BCUT2D eigenvalue weighted by Gasteiger charge is 2.10. The van der Waals surface area contributed by atoms with Crippen LogP contribution in [0.3, 0.4) is 0 Å².